The average Bonchev–Trinajstić information content (AvgIpc) is 2.80. The molecule has 0 saturated heterocycles. The van der Waals surface area contributed by atoms with Crippen molar-refractivity contribution in [1.29, 1.82) is 0 Å². The predicted octanol–water partition coefficient (Wildman–Crippen LogP) is 4.03. The summed E-state index contributed by atoms with van der Waals surface area (Å²) in [5.74, 6) is 1.89. The summed E-state index contributed by atoms with van der Waals surface area (Å²) in [6.45, 7) is 1.73. The quantitative estimate of drug-likeness (QED) is 0.822. The molecule has 0 radical (unpaired) electrons. The molecule has 0 spiro atoms. The summed E-state index contributed by atoms with van der Waals surface area (Å²) < 4.78 is 12.6. The molecular weight excluding hydrogens is 330 g/mol. The van der Waals surface area contributed by atoms with Crippen LogP contribution in [0.25, 0.3) is 0 Å². The van der Waals surface area contributed by atoms with Gasteiger partial charge in [-0.1, -0.05) is 15.9 Å². The van der Waals surface area contributed by atoms with E-state index in [2.05, 4.69) is 27.9 Å². The van der Waals surface area contributed by atoms with Crippen LogP contribution >= 0.6 is 28.3 Å². The van der Waals surface area contributed by atoms with Gasteiger partial charge in [0.1, 0.15) is 17.6 Å². The van der Waals surface area contributed by atoms with Gasteiger partial charge in [0.2, 0.25) is 0 Å². The van der Waals surface area contributed by atoms with Crippen molar-refractivity contribution in [2.75, 3.05) is 13.6 Å². The van der Waals surface area contributed by atoms with Gasteiger partial charge >= 0.3 is 0 Å². The molecule has 2 aromatic rings. The molecule has 0 saturated carbocycles. The second kappa shape index (κ2) is 5.99. The Labute approximate surface area is 127 Å². The zero-order chi connectivity index (χ0) is 12.5. The van der Waals surface area contributed by atoms with Crippen molar-refractivity contribution >= 4 is 28.3 Å². The van der Waals surface area contributed by atoms with Gasteiger partial charge < -0.3 is 9.15 Å². The van der Waals surface area contributed by atoms with Gasteiger partial charge in [-0.15, -0.1) is 12.4 Å². The first kappa shape index (κ1) is 14.4. The molecule has 1 atom stereocenters. The van der Waals surface area contributed by atoms with Gasteiger partial charge in [-0.05, 0) is 37.4 Å². The molecule has 2 heterocycles. The maximum atomic E-state index is 6.04. The zero-order valence-electron chi connectivity index (χ0n) is 10.5. The van der Waals surface area contributed by atoms with E-state index in [1.54, 1.807) is 6.26 Å². The Balaban J connectivity index is 0.00000133. The lowest BCUT2D eigenvalue weighted by Crippen LogP contribution is -2.32. The van der Waals surface area contributed by atoms with E-state index in [9.17, 15) is 0 Å². The van der Waals surface area contributed by atoms with Crippen LogP contribution in [0.2, 0.25) is 0 Å². The number of nitrogens with zero attached hydrogens (tertiary/aromatic N) is 1. The van der Waals surface area contributed by atoms with Crippen LogP contribution in [-0.4, -0.2) is 18.5 Å². The first-order chi connectivity index (χ1) is 8.72. The molecule has 0 aliphatic carbocycles. The molecule has 3 nitrogen and oxygen atoms in total. The minimum Gasteiger partial charge on any atom is -0.484 e. The van der Waals surface area contributed by atoms with Crippen LogP contribution in [0.15, 0.2) is 45.5 Å². The van der Waals surface area contributed by atoms with Crippen LogP contribution in [0.1, 0.15) is 17.4 Å². The Kier molecular flexibility index (Phi) is 4.55. The zero-order valence-corrected chi connectivity index (χ0v) is 12.9. The van der Waals surface area contributed by atoms with Crippen molar-refractivity contribution in [3.8, 4) is 5.75 Å². The molecule has 1 aliphatic heterocycles. The molecular formula is C14H15BrClNO2. The van der Waals surface area contributed by atoms with E-state index in [0.717, 1.165) is 34.6 Å². The van der Waals surface area contributed by atoms with Crippen molar-refractivity contribution in [3.05, 3.63) is 52.4 Å². The summed E-state index contributed by atoms with van der Waals surface area (Å²) in [6.07, 6.45) is 1.78. The highest BCUT2D eigenvalue weighted by Crippen LogP contribution is 2.31. The Bertz CT molecular complexity index is 541. The molecule has 19 heavy (non-hydrogen) atoms. The molecule has 1 unspecified atom stereocenters. The molecule has 102 valence electrons. The molecule has 1 aliphatic rings. The molecule has 5 heteroatoms. The molecule has 0 bridgehead atoms. The third kappa shape index (κ3) is 3.14. The smallest absolute Gasteiger partial charge is 0.140 e. The number of rotatable bonds is 2. The predicted molar refractivity (Wildman–Crippen MR) is 79.8 cm³/mol. The van der Waals surface area contributed by atoms with Crippen LogP contribution in [-0.2, 0) is 6.54 Å². The minimum atomic E-state index is 0. The van der Waals surface area contributed by atoms with E-state index in [4.69, 9.17) is 9.15 Å². The minimum absolute atomic E-state index is 0. The van der Waals surface area contributed by atoms with Crippen LogP contribution in [0.5, 0.6) is 5.75 Å². The lowest BCUT2D eigenvalue weighted by Gasteiger charge is -2.29. The molecule has 0 fully saturated rings. The highest BCUT2D eigenvalue weighted by Gasteiger charge is 2.27. The van der Waals surface area contributed by atoms with Crippen molar-refractivity contribution in [2.45, 2.75) is 12.6 Å². The maximum absolute atomic E-state index is 6.04. The SMILES string of the molecule is CN1Cc2occc2C(Oc2ccc(Br)cc2)C1.Cl. The molecule has 3 rings (SSSR count). The number of hydrogen-bond donors (Lipinski definition) is 0. The normalized spacial score (nSPS) is 18.5. The van der Waals surface area contributed by atoms with E-state index in [1.807, 2.05) is 30.3 Å². The fraction of sp³-hybridized carbons (Fsp3) is 0.286. The van der Waals surface area contributed by atoms with Gasteiger partial charge in [0.05, 0.1) is 12.8 Å². The van der Waals surface area contributed by atoms with Crippen molar-refractivity contribution in [2.24, 2.45) is 0 Å². The Morgan fingerprint density at radius 3 is 2.74 bits per heavy atom. The van der Waals surface area contributed by atoms with Crippen molar-refractivity contribution in [1.82, 2.24) is 4.90 Å². The van der Waals surface area contributed by atoms with Crippen molar-refractivity contribution in [3.63, 3.8) is 0 Å². The lowest BCUT2D eigenvalue weighted by atomic mass is 10.1. The number of likely N-dealkylation sites (N-methyl/N-ethyl adjacent to an activating group) is 1. The van der Waals surface area contributed by atoms with E-state index < -0.39 is 0 Å². The fourth-order valence-electron chi connectivity index (χ4n) is 2.24. The third-order valence-electron chi connectivity index (χ3n) is 3.11. The van der Waals surface area contributed by atoms with Gasteiger partial charge in [0.25, 0.3) is 0 Å². The van der Waals surface area contributed by atoms with E-state index in [0.29, 0.717) is 0 Å². The van der Waals surface area contributed by atoms with Crippen molar-refractivity contribution < 1.29 is 9.15 Å². The van der Waals surface area contributed by atoms with Gasteiger partial charge in [-0.25, -0.2) is 0 Å². The number of benzene rings is 1. The summed E-state index contributed by atoms with van der Waals surface area (Å²) in [4.78, 5) is 2.20. The lowest BCUT2D eigenvalue weighted by molar-refractivity contribution is 0.120. The second-order valence-corrected chi connectivity index (χ2v) is 5.47. The molecule has 0 N–H and O–H groups in total. The molecule has 1 aromatic carbocycles. The molecule has 1 aromatic heterocycles. The standard InChI is InChI=1S/C14H14BrNO2.ClH/c1-16-8-13-12(6-7-17-13)14(9-16)18-11-4-2-10(15)3-5-11;/h2-7,14H,8-9H2,1H3;1H. The fourth-order valence-corrected chi connectivity index (χ4v) is 2.50. The van der Waals surface area contributed by atoms with Crippen LogP contribution in [0, 0.1) is 0 Å². The number of halogens is 2. The largest absolute Gasteiger partial charge is 0.484 e. The van der Waals surface area contributed by atoms with Gasteiger partial charge in [-0.2, -0.15) is 0 Å². The third-order valence-corrected chi connectivity index (χ3v) is 3.64. The van der Waals surface area contributed by atoms with E-state index in [-0.39, 0.29) is 18.5 Å². The Hall–Kier alpha value is -0.970. The Morgan fingerprint density at radius 1 is 1.26 bits per heavy atom. The highest BCUT2D eigenvalue weighted by atomic mass is 79.9. The first-order valence-electron chi connectivity index (χ1n) is 5.89. The molecule has 0 amide bonds. The first-order valence-corrected chi connectivity index (χ1v) is 6.69. The van der Waals surface area contributed by atoms with Crippen LogP contribution < -0.4 is 4.74 Å². The summed E-state index contributed by atoms with van der Waals surface area (Å²) in [5, 5.41) is 0. The highest BCUT2D eigenvalue weighted by molar-refractivity contribution is 9.10. The monoisotopic (exact) mass is 343 g/mol. The summed E-state index contributed by atoms with van der Waals surface area (Å²) in [7, 11) is 2.07. The van der Waals surface area contributed by atoms with Gasteiger partial charge in [0, 0.05) is 16.6 Å². The summed E-state index contributed by atoms with van der Waals surface area (Å²) in [6, 6.07) is 9.92. The number of furan rings is 1. The van der Waals surface area contributed by atoms with Gasteiger partial charge in [-0.3, -0.25) is 4.90 Å². The Morgan fingerprint density at radius 2 is 2.00 bits per heavy atom. The van der Waals surface area contributed by atoms with E-state index in [1.165, 1.54) is 0 Å². The van der Waals surface area contributed by atoms with Gasteiger partial charge in [0.15, 0.2) is 0 Å². The number of hydrogen-bond acceptors (Lipinski definition) is 3. The maximum Gasteiger partial charge on any atom is 0.140 e. The van der Waals surface area contributed by atoms with Crippen LogP contribution in [0.3, 0.4) is 0 Å². The summed E-state index contributed by atoms with van der Waals surface area (Å²) >= 11 is 3.42. The van der Waals surface area contributed by atoms with Crippen LogP contribution in [0.4, 0.5) is 0 Å². The topological polar surface area (TPSA) is 25.6 Å². The number of fused-ring (bicyclic) bond motifs is 1. The summed E-state index contributed by atoms with van der Waals surface area (Å²) in [5.41, 5.74) is 1.16. The number of ether oxygens (including phenoxy) is 1. The van der Waals surface area contributed by atoms with E-state index >= 15 is 0 Å². The second-order valence-electron chi connectivity index (χ2n) is 4.56. The average molecular weight is 345 g/mol.